The van der Waals surface area contributed by atoms with E-state index in [0.29, 0.717) is 37.1 Å². The standard InChI is InChI=1S/C22H24N4O3/c23-14-16-6-8-17(9-7-16)21-24-22(29-25-21)18-10-12-26(13-11-18)20(27)15-28-19-4-2-1-3-5-19/h1-9,18H,10-15,23H2. The van der Waals surface area contributed by atoms with Gasteiger partial charge in [0.1, 0.15) is 5.75 Å². The van der Waals surface area contributed by atoms with Crippen molar-refractivity contribution in [3.63, 3.8) is 0 Å². The van der Waals surface area contributed by atoms with Crippen LogP contribution < -0.4 is 10.5 Å². The summed E-state index contributed by atoms with van der Waals surface area (Å²) in [7, 11) is 0. The molecule has 1 amide bonds. The maximum absolute atomic E-state index is 12.4. The minimum atomic E-state index is -0.00138. The smallest absolute Gasteiger partial charge is 0.260 e. The molecule has 1 aromatic heterocycles. The number of hydrogen-bond acceptors (Lipinski definition) is 6. The molecular formula is C22H24N4O3. The Morgan fingerprint density at radius 3 is 2.52 bits per heavy atom. The Labute approximate surface area is 169 Å². The van der Waals surface area contributed by atoms with E-state index in [9.17, 15) is 4.79 Å². The largest absolute Gasteiger partial charge is 0.484 e. The fourth-order valence-electron chi connectivity index (χ4n) is 3.44. The third kappa shape index (κ3) is 4.63. The second kappa shape index (κ2) is 8.87. The number of rotatable bonds is 6. The van der Waals surface area contributed by atoms with Crippen molar-refractivity contribution < 1.29 is 14.1 Å². The van der Waals surface area contributed by atoms with E-state index in [1.54, 1.807) is 0 Å². The van der Waals surface area contributed by atoms with E-state index in [1.807, 2.05) is 59.5 Å². The van der Waals surface area contributed by atoms with E-state index < -0.39 is 0 Å². The molecule has 4 rings (SSSR count). The van der Waals surface area contributed by atoms with Crippen LogP contribution in [0, 0.1) is 0 Å². The molecule has 7 nitrogen and oxygen atoms in total. The van der Waals surface area contributed by atoms with Gasteiger partial charge in [-0.1, -0.05) is 47.6 Å². The van der Waals surface area contributed by atoms with Gasteiger partial charge in [0.25, 0.3) is 5.91 Å². The summed E-state index contributed by atoms with van der Waals surface area (Å²) in [5.74, 6) is 2.08. The van der Waals surface area contributed by atoms with Crippen molar-refractivity contribution in [2.45, 2.75) is 25.3 Å². The molecule has 2 N–H and O–H groups in total. The molecule has 29 heavy (non-hydrogen) atoms. The van der Waals surface area contributed by atoms with E-state index in [2.05, 4.69) is 10.1 Å². The van der Waals surface area contributed by atoms with Crippen molar-refractivity contribution in [2.24, 2.45) is 5.73 Å². The van der Waals surface area contributed by atoms with Crippen molar-refractivity contribution >= 4 is 5.91 Å². The summed E-state index contributed by atoms with van der Waals surface area (Å²) in [6.07, 6.45) is 1.59. The van der Waals surface area contributed by atoms with E-state index in [4.69, 9.17) is 15.0 Å². The van der Waals surface area contributed by atoms with Crippen LogP contribution in [0.5, 0.6) is 5.75 Å². The Balaban J connectivity index is 1.30. The lowest BCUT2D eigenvalue weighted by atomic mass is 9.96. The number of hydrogen-bond donors (Lipinski definition) is 1. The molecule has 0 unspecified atom stereocenters. The molecule has 150 valence electrons. The zero-order valence-corrected chi connectivity index (χ0v) is 16.2. The SMILES string of the molecule is NCc1ccc(-c2noc(C3CCN(C(=O)COc4ccccc4)CC3)n2)cc1. The van der Waals surface area contributed by atoms with Crippen LogP contribution in [-0.2, 0) is 11.3 Å². The van der Waals surface area contributed by atoms with E-state index in [-0.39, 0.29) is 18.4 Å². The average molecular weight is 392 g/mol. The maximum atomic E-state index is 12.4. The Morgan fingerprint density at radius 2 is 1.83 bits per heavy atom. The van der Waals surface area contributed by atoms with E-state index in [0.717, 1.165) is 24.0 Å². The number of benzene rings is 2. The summed E-state index contributed by atoms with van der Waals surface area (Å²) < 4.78 is 11.1. The number of ether oxygens (including phenoxy) is 1. The molecule has 7 heteroatoms. The van der Waals surface area contributed by atoms with E-state index in [1.165, 1.54) is 0 Å². The molecule has 2 heterocycles. The first kappa shape index (κ1) is 19.1. The summed E-state index contributed by atoms with van der Waals surface area (Å²) in [6, 6.07) is 17.2. The topological polar surface area (TPSA) is 94.5 Å². The quantitative estimate of drug-likeness (QED) is 0.693. The van der Waals surface area contributed by atoms with Crippen molar-refractivity contribution in [3.8, 4) is 17.1 Å². The Hall–Kier alpha value is -3.19. The molecule has 0 saturated carbocycles. The number of nitrogens with two attached hydrogens (primary N) is 1. The van der Waals surface area contributed by atoms with Crippen molar-refractivity contribution in [1.29, 1.82) is 0 Å². The number of amides is 1. The first-order chi connectivity index (χ1) is 14.2. The normalized spacial score (nSPS) is 14.7. The summed E-state index contributed by atoms with van der Waals surface area (Å²) in [6.45, 7) is 1.87. The maximum Gasteiger partial charge on any atom is 0.260 e. The molecule has 1 fully saturated rings. The van der Waals surface area contributed by atoms with Gasteiger partial charge >= 0.3 is 0 Å². The number of para-hydroxylation sites is 1. The van der Waals surface area contributed by atoms with Gasteiger partial charge < -0.3 is 19.9 Å². The molecular weight excluding hydrogens is 368 g/mol. The first-order valence-electron chi connectivity index (χ1n) is 9.81. The van der Waals surface area contributed by atoms with Gasteiger partial charge in [-0.2, -0.15) is 4.98 Å². The number of carbonyl (C=O) groups excluding carboxylic acids is 1. The van der Waals surface area contributed by atoms with Crippen LogP contribution in [0.15, 0.2) is 59.1 Å². The fourth-order valence-corrected chi connectivity index (χ4v) is 3.44. The summed E-state index contributed by atoms with van der Waals surface area (Å²) in [5, 5.41) is 4.12. The summed E-state index contributed by atoms with van der Waals surface area (Å²) in [5.41, 5.74) is 7.60. The van der Waals surface area contributed by atoms with Crippen LogP contribution in [0.3, 0.4) is 0 Å². The van der Waals surface area contributed by atoms with Crippen molar-refractivity contribution in [1.82, 2.24) is 15.0 Å². The first-order valence-corrected chi connectivity index (χ1v) is 9.81. The molecule has 1 aliphatic rings. The summed E-state index contributed by atoms with van der Waals surface area (Å²) in [4.78, 5) is 18.8. The molecule has 1 aliphatic heterocycles. The highest BCUT2D eigenvalue weighted by molar-refractivity contribution is 5.77. The average Bonchev–Trinajstić information content (AvgIpc) is 3.29. The minimum Gasteiger partial charge on any atom is -0.484 e. The second-order valence-corrected chi connectivity index (χ2v) is 7.11. The van der Waals surface area contributed by atoms with Crippen LogP contribution in [-0.4, -0.2) is 40.6 Å². The Bertz CT molecular complexity index is 932. The van der Waals surface area contributed by atoms with Crippen molar-refractivity contribution in [3.05, 3.63) is 66.1 Å². The highest BCUT2D eigenvalue weighted by atomic mass is 16.5. The van der Waals surface area contributed by atoms with Crippen LogP contribution in [0.25, 0.3) is 11.4 Å². The number of carbonyl (C=O) groups is 1. The molecule has 2 aromatic carbocycles. The number of piperidine rings is 1. The highest BCUT2D eigenvalue weighted by Crippen LogP contribution is 2.28. The lowest BCUT2D eigenvalue weighted by molar-refractivity contribution is -0.134. The van der Waals surface area contributed by atoms with Gasteiger partial charge in [-0.15, -0.1) is 0 Å². The van der Waals surface area contributed by atoms with Crippen LogP contribution in [0.2, 0.25) is 0 Å². The highest BCUT2D eigenvalue weighted by Gasteiger charge is 2.27. The lowest BCUT2D eigenvalue weighted by Crippen LogP contribution is -2.40. The van der Waals surface area contributed by atoms with Crippen LogP contribution in [0.1, 0.15) is 30.2 Å². The van der Waals surface area contributed by atoms with Gasteiger partial charge in [0.05, 0.1) is 0 Å². The van der Waals surface area contributed by atoms with Gasteiger partial charge in [-0.05, 0) is 30.5 Å². The molecule has 0 radical (unpaired) electrons. The van der Waals surface area contributed by atoms with Crippen LogP contribution in [0.4, 0.5) is 0 Å². The molecule has 0 aliphatic carbocycles. The molecule has 3 aromatic rings. The molecule has 1 saturated heterocycles. The molecule has 0 bridgehead atoms. The predicted molar refractivity (Wildman–Crippen MR) is 108 cm³/mol. The van der Waals surface area contributed by atoms with Gasteiger partial charge in [0, 0.05) is 31.1 Å². The third-order valence-electron chi connectivity index (χ3n) is 5.19. The van der Waals surface area contributed by atoms with E-state index >= 15 is 0 Å². The van der Waals surface area contributed by atoms with Gasteiger partial charge in [0.15, 0.2) is 6.61 Å². The fraction of sp³-hybridized carbons (Fsp3) is 0.318. The molecule has 0 spiro atoms. The summed E-state index contributed by atoms with van der Waals surface area (Å²) >= 11 is 0. The third-order valence-corrected chi connectivity index (χ3v) is 5.19. The van der Waals surface area contributed by atoms with Gasteiger partial charge in [-0.25, -0.2) is 0 Å². The monoisotopic (exact) mass is 392 g/mol. The molecule has 0 atom stereocenters. The number of likely N-dealkylation sites (tertiary alicyclic amines) is 1. The lowest BCUT2D eigenvalue weighted by Gasteiger charge is -2.30. The second-order valence-electron chi connectivity index (χ2n) is 7.11. The minimum absolute atomic E-state index is 0.00138. The number of nitrogens with zero attached hydrogens (tertiary/aromatic N) is 3. The Kier molecular flexibility index (Phi) is 5.86. The zero-order chi connectivity index (χ0) is 20.1. The van der Waals surface area contributed by atoms with Crippen LogP contribution >= 0.6 is 0 Å². The predicted octanol–water partition coefficient (Wildman–Crippen LogP) is 2.98. The zero-order valence-electron chi connectivity index (χ0n) is 16.2. The van der Waals surface area contributed by atoms with Gasteiger partial charge in [0.2, 0.25) is 11.7 Å². The van der Waals surface area contributed by atoms with Gasteiger partial charge in [-0.3, -0.25) is 4.79 Å². The van der Waals surface area contributed by atoms with Crippen molar-refractivity contribution in [2.75, 3.05) is 19.7 Å². The Morgan fingerprint density at radius 1 is 1.10 bits per heavy atom. The number of aromatic nitrogens is 2.